The number of thiophene rings is 1. The zero-order chi connectivity index (χ0) is 19.8. The van der Waals surface area contributed by atoms with Crippen LogP contribution in [-0.2, 0) is 0 Å². The summed E-state index contributed by atoms with van der Waals surface area (Å²) in [5.74, 6) is 0.526. The maximum Gasteiger partial charge on any atom is 0.265 e. The fourth-order valence-electron chi connectivity index (χ4n) is 3.25. The quantitative estimate of drug-likeness (QED) is 0.544. The molecule has 0 aliphatic carbocycles. The van der Waals surface area contributed by atoms with Gasteiger partial charge in [-0.15, -0.1) is 11.3 Å². The van der Waals surface area contributed by atoms with E-state index in [2.05, 4.69) is 11.1 Å². The van der Waals surface area contributed by atoms with E-state index in [1.54, 1.807) is 35.4 Å². The molecule has 3 heterocycles. The number of benzene rings is 1. The van der Waals surface area contributed by atoms with Crippen molar-refractivity contribution in [1.82, 2.24) is 9.88 Å². The number of carbonyl (C=O) groups is 1. The molecule has 142 valence electrons. The highest BCUT2D eigenvalue weighted by molar-refractivity contribution is 7.21. The molecular formula is C19H13Cl3N4OS. The third kappa shape index (κ3) is 3.40. The highest BCUT2D eigenvalue weighted by Gasteiger charge is 2.28. The van der Waals surface area contributed by atoms with Crippen LogP contribution in [0.1, 0.15) is 15.2 Å². The van der Waals surface area contributed by atoms with E-state index in [9.17, 15) is 10.1 Å². The van der Waals surface area contributed by atoms with Crippen molar-refractivity contribution >= 4 is 68.0 Å². The maximum atomic E-state index is 13.0. The summed E-state index contributed by atoms with van der Waals surface area (Å²) in [4.78, 5) is 21.6. The summed E-state index contributed by atoms with van der Waals surface area (Å²) < 4.78 is 0.789. The first-order chi connectivity index (χ1) is 13.5. The van der Waals surface area contributed by atoms with Crippen molar-refractivity contribution in [3.63, 3.8) is 0 Å². The van der Waals surface area contributed by atoms with Gasteiger partial charge in [-0.3, -0.25) is 4.79 Å². The molecule has 0 bridgehead atoms. The van der Waals surface area contributed by atoms with Gasteiger partial charge in [0.05, 0.1) is 15.6 Å². The van der Waals surface area contributed by atoms with Crippen LogP contribution >= 0.6 is 46.1 Å². The number of piperazine rings is 1. The van der Waals surface area contributed by atoms with Crippen molar-refractivity contribution in [2.45, 2.75) is 0 Å². The molecule has 1 amide bonds. The molecule has 1 aliphatic heterocycles. The molecule has 9 heteroatoms. The molecule has 1 fully saturated rings. The standard InChI is InChI=1S/C19H13Cl3N4OS/c20-12-8-13(21)15-14(9-12)28-17(16(15)22)19(27)26-6-4-25(5-7-26)18-11(10-23)2-1-3-24-18/h1-3,8-9H,4-7H2. The van der Waals surface area contributed by atoms with Gasteiger partial charge >= 0.3 is 0 Å². The van der Waals surface area contributed by atoms with E-state index in [1.165, 1.54) is 11.3 Å². The lowest BCUT2D eigenvalue weighted by Crippen LogP contribution is -2.49. The first-order valence-corrected chi connectivity index (χ1v) is 10.4. The number of aromatic nitrogens is 1. The van der Waals surface area contributed by atoms with Crippen LogP contribution in [0.2, 0.25) is 15.1 Å². The fourth-order valence-corrected chi connectivity index (χ4v) is 5.59. The van der Waals surface area contributed by atoms with Gasteiger partial charge in [-0.1, -0.05) is 34.8 Å². The van der Waals surface area contributed by atoms with Gasteiger partial charge in [-0.25, -0.2) is 4.98 Å². The summed E-state index contributed by atoms with van der Waals surface area (Å²) in [6, 6.07) is 9.03. The van der Waals surface area contributed by atoms with Gasteiger partial charge in [0, 0.05) is 47.5 Å². The van der Waals surface area contributed by atoms with E-state index in [4.69, 9.17) is 34.8 Å². The van der Waals surface area contributed by atoms with Crippen LogP contribution in [0.3, 0.4) is 0 Å². The summed E-state index contributed by atoms with van der Waals surface area (Å²) in [6.07, 6.45) is 1.67. The second-order valence-corrected chi connectivity index (χ2v) is 8.55. The van der Waals surface area contributed by atoms with Crippen LogP contribution in [0.4, 0.5) is 5.82 Å². The Bertz CT molecular complexity index is 1120. The summed E-state index contributed by atoms with van der Waals surface area (Å²) in [6.45, 7) is 2.21. The highest BCUT2D eigenvalue weighted by atomic mass is 35.5. The molecule has 0 spiro atoms. The van der Waals surface area contributed by atoms with Gasteiger partial charge in [0.15, 0.2) is 0 Å². The molecule has 4 rings (SSSR count). The second-order valence-electron chi connectivity index (χ2n) is 6.27. The summed E-state index contributed by atoms with van der Waals surface area (Å²) >= 11 is 20.1. The van der Waals surface area contributed by atoms with E-state index < -0.39 is 0 Å². The topological polar surface area (TPSA) is 60.2 Å². The molecule has 0 unspecified atom stereocenters. The van der Waals surface area contributed by atoms with E-state index in [0.29, 0.717) is 62.9 Å². The average Bonchev–Trinajstić information content (AvgIpc) is 3.04. The number of carbonyl (C=O) groups excluding carboxylic acids is 1. The molecule has 0 saturated carbocycles. The second kappa shape index (κ2) is 7.76. The number of rotatable bonds is 2. The van der Waals surface area contributed by atoms with Gasteiger partial charge in [0.25, 0.3) is 5.91 Å². The lowest BCUT2D eigenvalue weighted by atomic mass is 10.2. The highest BCUT2D eigenvalue weighted by Crippen LogP contribution is 2.41. The Morgan fingerprint density at radius 2 is 1.93 bits per heavy atom. The minimum atomic E-state index is -0.125. The maximum absolute atomic E-state index is 13.0. The summed E-state index contributed by atoms with van der Waals surface area (Å²) in [5.41, 5.74) is 0.529. The Labute approximate surface area is 180 Å². The number of hydrogen-bond acceptors (Lipinski definition) is 5. The Morgan fingerprint density at radius 3 is 2.64 bits per heavy atom. The molecule has 1 saturated heterocycles. The van der Waals surface area contributed by atoms with Gasteiger partial charge in [0.1, 0.15) is 16.8 Å². The first kappa shape index (κ1) is 19.3. The molecule has 1 aliphatic rings. The van der Waals surface area contributed by atoms with E-state index in [0.717, 1.165) is 4.70 Å². The molecule has 3 aromatic rings. The van der Waals surface area contributed by atoms with Crippen molar-refractivity contribution in [2.24, 2.45) is 0 Å². The van der Waals surface area contributed by atoms with Crippen LogP contribution in [0.15, 0.2) is 30.5 Å². The number of fused-ring (bicyclic) bond motifs is 1. The Kier molecular flexibility index (Phi) is 5.35. The molecule has 28 heavy (non-hydrogen) atoms. The smallest absolute Gasteiger partial charge is 0.265 e. The van der Waals surface area contributed by atoms with Crippen LogP contribution < -0.4 is 4.90 Å². The molecule has 1 aromatic carbocycles. The number of nitriles is 1. The number of halogens is 3. The zero-order valence-corrected chi connectivity index (χ0v) is 17.5. The zero-order valence-electron chi connectivity index (χ0n) is 14.5. The van der Waals surface area contributed by atoms with Gasteiger partial charge in [-0.05, 0) is 24.3 Å². The van der Waals surface area contributed by atoms with Crippen LogP contribution in [0, 0.1) is 11.3 Å². The Balaban J connectivity index is 1.55. The number of amides is 1. The van der Waals surface area contributed by atoms with Crippen molar-refractivity contribution < 1.29 is 4.79 Å². The molecule has 0 radical (unpaired) electrons. The van der Waals surface area contributed by atoms with E-state index >= 15 is 0 Å². The normalized spacial score (nSPS) is 14.4. The minimum Gasteiger partial charge on any atom is -0.352 e. The molecule has 0 N–H and O–H groups in total. The largest absolute Gasteiger partial charge is 0.352 e. The van der Waals surface area contributed by atoms with Crippen LogP contribution in [-0.4, -0.2) is 42.0 Å². The third-order valence-electron chi connectivity index (χ3n) is 4.62. The van der Waals surface area contributed by atoms with Crippen molar-refractivity contribution in [1.29, 1.82) is 5.26 Å². The molecular weight excluding hydrogens is 439 g/mol. The number of pyridine rings is 1. The van der Waals surface area contributed by atoms with Crippen molar-refractivity contribution in [3.8, 4) is 6.07 Å². The Morgan fingerprint density at radius 1 is 1.18 bits per heavy atom. The van der Waals surface area contributed by atoms with Gasteiger partial charge in [-0.2, -0.15) is 5.26 Å². The predicted molar refractivity (Wildman–Crippen MR) is 114 cm³/mol. The lowest BCUT2D eigenvalue weighted by Gasteiger charge is -2.35. The van der Waals surface area contributed by atoms with Crippen molar-refractivity contribution in [3.05, 3.63) is 56.0 Å². The molecule has 5 nitrogen and oxygen atoms in total. The summed E-state index contributed by atoms with van der Waals surface area (Å²) in [7, 11) is 0. The van der Waals surface area contributed by atoms with Crippen molar-refractivity contribution in [2.75, 3.05) is 31.1 Å². The summed E-state index contributed by atoms with van der Waals surface area (Å²) in [5, 5.41) is 11.2. The number of nitrogens with zero attached hydrogens (tertiary/aromatic N) is 4. The van der Waals surface area contributed by atoms with Gasteiger partial charge < -0.3 is 9.80 Å². The van der Waals surface area contributed by atoms with Gasteiger partial charge in [0.2, 0.25) is 0 Å². The fraction of sp³-hybridized carbons (Fsp3) is 0.211. The number of anilines is 1. The van der Waals surface area contributed by atoms with Crippen LogP contribution in [0.5, 0.6) is 0 Å². The third-order valence-corrected chi connectivity index (χ3v) is 6.75. The predicted octanol–water partition coefficient (Wildman–Crippen LogP) is 5.09. The van der Waals surface area contributed by atoms with E-state index in [-0.39, 0.29) is 5.91 Å². The first-order valence-electron chi connectivity index (χ1n) is 8.46. The average molecular weight is 452 g/mol. The molecule has 0 atom stereocenters. The lowest BCUT2D eigenvalue weighted by molar-refractivity contribution is 0.0751. The minimum absolute atomic E-state index is 0.125. The number of hydrogen-bond donors (Lipinski definition) is 0. The van der Waals surface area contributed by atoms with Crippen LogP contribution in [0.25, 0.3) is 10.1 Å². The SMILES string of the molecule is N#Cc1cccnc1N1CCN(C(=O)c2sc3cc(Cl)cc(Cl)c3c2Cl)CC1. The molecule has 2 aromatic heterocycles. The van der Waals surface area contributed by atoms with E-state index in [1.807, 2.05) is 4.90 Å². The Hall–Kier alpha value is -2.04. The monoisotopic (exact) mass is 450 g/mol.